The lowest BCUT2D eigenvalue weighted by atomic mass is 10.0. The maximum Gasteiger partial charge on any atom is 0.303 e. The summed E-state index contributed by atoms with van der Waals surface area (Å²) in [5.41, 5.74) is 8.10. The van der Waals surface area contributed by atoms with Crippen molar-refractivity contribution in [1.82, 2.24) is 0 Å². The van der Waals surface area contributed by atoms with Crippen LogP contribution in [-0.4, -0.2) is 10.0 Å². The third kappa shape index (κ3) is 1.91. The monoisotopic (exact) mass is 264 g/mol. The van der Waals surface area contributed by atoms with Crippen molar-refractivity contribution in [3.05, 3.63) is 38.8 Å². The number of nitrogen functional groups attached to an aromatic ring is 1. The first-order chi connectivity index (χ1) is 8.41. The first kappa shape index (κ1) is 12.4. The predicted octanol–water partition coefficient (Wildman–Crippen LogP) is 3.23. The van der Waals surface area contributed by atoms with E-state index in [2.05, 4.69) is 0 Å². The first-order valence-corrected chi connectivity index (χ1v) is 6.11. The van der Waals surface area contributed by atoms with Gasteiger partial charge in [-0.25, -0.2) is 0 Å². The molecule has 5 nitrogen and oxygen atoms in total. The summed E-state index contributed by atoms with van der Waals surface area (Å²) >= 11 is 1.17. The molecular formula is C12H12N2O3S. The Bertz CT molecular complexity index is 611. The number of benzene rings is 1. The Morgan fingerprint density at radius 1 is 1.39 bits per heavy atom. The topological polar surface area (TPSA) is 89.4 Å². The Kier molecular flexibility index (Phi) is 2.96. The van der Waals surface area contributed by atoms with Crippen LogP contribution in [0.1, 0.15) is 11.1 Å². The second-order valence-electron chi connectivity index (χ2n) is 4.10. The molecule has 0 atom stereocenters. The maximum atomic E-state index is 10.8. The highest BCUT2D eigenvalue weighted by atomic mass is 32.1. The number of aromatic hydroxyl groups is 1. The number of hydrogen-bond acceptors (Lipinski definition) is 5. The van der Waals surface area contributed by atoms with Gasteiger partial charge in [-0.05, 0) is 31.0 Å². The quantitative estimate of drug-likeness (QED) is 0.643. The molecule has 0 bridgehead atoms. The number of phenols is 1. The fourth-order valence-corrected chi connectivity index (χ4v) is 2.99. The third-order valence-corrected chi connectivity index (χ3v) is 3.69. The van der Waals surface area contributed by atoms with Crippen molar-refractivity contribution in [2.75, 3.05) is 5.73 Å². The summed E-state index contributed by atoms with van der Waals surface area (Å²) in [6, 6.07) is 3.52. The molecule has 1 aromatic carbocycles. The molecule has 0 saturated heterocycles. The Labute approximate surface area is 108 Å². The largest absolute Gasteiger partial charge is 0.507 e. The summed E-state index contributed by atoms with van der Waals surface area (Å²) < 4.78 is 0. The number of rotatable bonds is 2. The average molecular weight is 264 g/mol. The maximum absolute atomic E-state index is 10.8. The van der Waals surface area contributed by atoms with Crippen LogP contribution in [0.2, 0.25) is 0 Å². The van der Waals surface area contributed by atoms with E-state index in [0.717, 1.165) is 11.1 Å². The van der Waals surface area contributed by atoms with E-state index < -0.39 is 4.92 Å². The van der Waals surface area contributed by atoms with E-state index in [4.69, 9.17) is 5.73 Å². The molecule has 6 heteroatoms. The molecule has 1 heterocycles. The molecule has 0 unspecified atom stereocenters. The van der Waals surface area contributed by atoms with Gasteiger partial charge in [0, 0.05) is 5.56 Å². The molecule has 18 heavy (non-hydrogen) atoms. The van der Waals surface area contributed by atoms with Gasteiger partial charge in [0.25, 0.3) is 0 Å². The second kappa shape index (κ2) is 4.30. The molecule has 2 rings (SSSR count). The molecule has 0 aliphatic rings. The number of aryl methyl sites for hydroxylation is 2. The van der Waals surface area contributed by atoms with Gasteiger partial charge in [-0.1, -0.05) is 6.07 Å². The van der Waals surface area contributed by atoms with Crippen molar-refractivity contribution < 1.29 is 10.0 Å². The minimum atomic E-state index is -0.518. The van der Waals surface area contributed by atoms with Crippen LogP contribution in [-0.2, 0) is 0 Å². The first-order valence-electron chi connectivity index (χ1n) is 5.23. The molecule has 0 fully saturated rings. The Balaban J connectivity index is 2.67. The van der Waals surface area contributed by atoms with E-state index in [1.807, 2.05) is 19.9 Å². The highest BCUT2D eigenvalue weighted by Gasteiger charge is 2.22. The van der Waals surface area contributed by atoms with Crippen molar-refractivity contribution in [2.45, 2.75) is 13.8 Å². The number of phenolic OH excluding ortho intramolecular Hbond substituents is 1. The van der Waals surface area contributed by atoms with Gasteiger partial charge in [-0.2, -0.15) is 0 Å². The summed E-state index contributed by atoms with van der Waals surface area (Å²) in [7, 11) is 0. The summed E-state index contributed by atoms with van der Waals surface area (Å²) in [6.45, 7) is 3.71. The van der Waals surface area contributed by atoms with Gasteiger partial charge < -0.3 is 10.8 Å². The van der Waals surface area contributed by atoms with Crippen molar-refractivity contribution in [3.63, 3.8) is 0 Å². The van der Waals surface area contributed by atoms with E-state index >= 15 is 0 Å². The number of hydrogen-bond donors (Lipinski definition) is 2. The smallest absolute Gasteiger partial charge is 0.303 e. The molecule has 1 aromatic heterocycles. The van der Waals surface area contributed by atoms with Crippen LogP contribution in [0.4, 0.5) is 11.4 Å². The minimum absolute atomic E-state index is 0.0935. The molecular weight excluding hydrogens is 252 g/mol. The zero-order valence-electron chi connectivity index (χ0n) is 9.93. The Morgan fingerprint density at radius 3 is 2.56 bits per heavy atom. The molecule has 0 amide bonds. The van der Waals surface area contributed by atoms with Gasteiger partial charge >= 0.3 is 5.69 Å². The second-order valence-corrected chi connectivity index (χ2v) is 4.98. The number of thiophene rings is 1. The Hall–Kier alpha value is -2.08. The van der Waals surface area contributed by atoms with Crippen LogP contribution in [0.15, 0.2) is 17.5 Å². The predicted molar refractivity (Wildman–Crippen MR) is 72.0 cm³/mol. The van der Waals surface area contributed by atoms with Crippen LogP contribution >= 0.6 is 11.3 Å². The molecule has 0 aliphatic heterocycles. The summed E-state index contributed by atoms with van der Waals surface area (Å²) in [4.78, 5) is 10.8. The number of nitrogens with zero attached hydrogens (tertiary/aromatic N) is 1. The van der Waals surface area contributed by atoms with E-state index in [1.54, 1.807) is 6.07 Å². The van der Waals surface area contributed by atoms with Gasteiger partial charge in [-0.3, -0.25) is 10.1 Å². The molecule has 0 saturated carbocycles. The van der Waals surface area contributed by atoms with Crippen LogP contribution in [0, 0.1) is 24.0 Å². The molecule has 0 radical (unpaired) electrons. The zero-order chi connectivity index (χ0) is 13.4. The molecule has 0 spiro atoms. The fraction of sp³-hybridized carbons (Fsp3) is 0.167. The van der Waals surface area contributed by atoms with Crippen LogP contribution in [0.5, 0.6) is 5.75 Å². The van der Waals surface area contributed by atoms with Gasteiger partial charge in [0.05, 0.1) is 15.2 Å². The summed E-state index contributed by atoms with van der Waals surface area (Å²) in [5, 5.41) is 22.1. The van der Waals surface area contributed by atoms with Crippen molar-refractivity contribution in [1.29, 1.82) is 0 Å². The van der Waals surface area contributed by atoms with E-state index in [9.17, 15) is 15.2 Å². The summed E-state index contributed by atoms with van der Waals surface area (Å²) in [5.74, 6) is 0.0935. The zero-order valence-corrected chi connectivity index (χ0v) is 10.7. The van der Waals surface area contributed by atoms with Crippen LogP contribution in [0.3, 0.4) is 0 Å². The number of nitrogens with two attached hydrogens (primary N) is 1. The molecule has 0 aliphatic carbocycles. The molecule has 2 aromatic rings. The number of anilines is 1. The van der Waals surface area contributed by atoms with E-state index in [0.29, 0.717) is 10.4 Å². The van der Waals surface area contributed by atoms with Gasteiger partial charge in [0.2, 0.25) is 0 Å². The lowest BCUT2D eigenvalue weighted by Gasteiger charge is -2.08. The SMILES string of the molecule is Cc1cc(C)c(-c2scc([N+](=O)[O-])c2N)c(O)c1. The average Bonchev–Trinajstić information content (AvgIpc) is 2.59. The lowest BCUT2D eigenvalue weighted by molar-refractivity contribution is -0.383. The molecule has 94 valence electrons. The Morgan fingerprint density at radius 2 is 2.06 bits per heavy atom. The normalized spacial score (nSPS) is 10.6. The fourth-order valence-electron chi connectivity index (χ4n) is 1.93. The van der Waals surface area contributed by atoms with Crippen LogP contribution in [0.25, 0.3) is 10.4 Å². The van der Waals surface area contributed by atoms with Crippen molar-refractivity contribution in [3.8, 4) is 16.2 Å². The standard InChI is InChI=1S/C12H12N2O3S/c1-6-3-7(2)10(9(15)4-6)12-11(13)8(5-18-12)14(16)17/h3-5,15H,13H2,1-2H3. The van der Waals surface area contributed by atoms with Crippen molar-refractivity contribution >= 4 is 22.7 Å². The van der Waals surface area contributed by atoms with Gasteiger partial charge in [-0.15, -0.1) is 11.3 Å². The molecule has 3 N–H and O–H groups in total. The number of nitro groups is 1. The van der Waals surface area contributed by atoms with Crippen LogP contribution < -0.4 is 5.73 Å². The highest BCUT2D eigenvalue weighted by molar-refractivity contribution is 7.14. The van der Waals surface area contributed by atoms with Gasteiger partial charge in [0.15, 0.2) is 0 Å². The summed E-state index contributed by atoms with van der Waals surface area (Å²) in [6.07, 6.45) is 0. The lowest BCUT2D eigenvalue weighted by Crippen LogP contribution is -1.94. The highest BCUT2D eigenvalue weighted by Crippen LogP contribution is 2.44. The third-order valence-electron chi connectivity index (χ3n) is 2.69. The minimum Gasteiger partial charge on any atom is -0.507 e. The van der Waals surface area contributed by atoms with E-state index in [-0.39, 0.29) is 17.1 Å². The van der Waals surface area contributed by atoms with Gasteiger partial charge in [0.1, 0.15) is 11.4 Å². The van der Waals surface area contributed by atoms with Crippen molar-refractivity contribution in [2.24, 2.45) is 0 Å². The van der Waals surface area contributed by atoms with E-state index in [1.165, 1.54) is 16.7 Å².